The lowest BCUT2D eigenvalue weighted by Gasteiger charge is -2.14. The molecule has 0 bridgehead atoms. The lowest BCUT2D eigenvalue weighted by atomic mass is 9.92. The molecule has 0 unspecified atom stereocenters. The number of aromatic nitrogens is 2. The molecule has 1 atom stereocenters. The number of carboxylic acid groups (broad SMARTS) is 2. The molecule has 0 aliphatic carbocycles. The third-order valence-electron chi connectivity index (χ3n) is 3.49. The second-order valence-electron chi connectivity index (χ2n) is 5.15. The Balaban J connectivity index is 2.37. The fraction of sp³-hybridized carbons (Fsp3) is 0.333. The zero-order valence-corrected chi connectivity index (χ0v) is 12.4. The van der Waals surface area contributed by atoms with Gasteiger partial charge in [-0.2, -0.15) is 5.10 Å². The summed E-state index contributed by atoms with van der Waals surface area (Å²) < 4.78 is 5.02. The van der Waals surface area contributed by atoms with Crippen molar-refractivity contribution in [3.05, 3.63) is 29.5 Å². The third-order valence-corrected chi connectivity index (χ3v) is 3.49. The predicted octanol–water partition coefficient (Wildman–Crippen LogP) is 1.34. The van der Waals surface area contributed by atoms with Crippen LogP contribution >= 0.6 is 0 Å². The summed E-state index contributed by atoms with van der Waals surface area (Å²) in [7, 11) is 0. The number of esters is 1. The maximum atomic E-state index is 11.3. The van der Waals surface area contributed by atoms with Crippen LogP contribution in [0.2, 0.25) is 0 Å². The average Bonchev–Trinajstić information content (AvgIpc) is 2.92. The number of carboxylic acids is 2. The molecule has 1 aromatic carbocycles. The van der Waals surface area contributed by atoms with Crippen molar-refractivity contribution >= 4 is 28.8 Å². The lowest BCUT2D eigenvalue weighted by Crippen LogP contribution is -2.21. The molecule has 0 radical (unpaired) electrons. The third kappa shape index (κ3) is 4.06. The Morgan fingerprint density at radius 3 is 2.65 bits per heavy atom. The van der Waals surface area contributed by atoms with Gasteiger partial charge in [0, 0.05) is 17.9 Å². The van der Waals surface area contributed by atoms with Gasteiger partial charge in [0.2, 0.25) is 0 Å². The molecule has 0 aliphatic rings. The molecule has 0 amide bonds. The van der Waals surface area contributed by atoms with E-state index in [-0.39, 0.29) is 13.0 Å². The van der Waals surface area contributed by atoms with Crippen LogP contribution in [0.4, 0.5) is 0 Å². The summed E-state index contributed by atoms with van der Waals surface area (Å²) in [5.74, 6) is -3.88. The van der Waals surface area contributed by atoms with E-state index in [9.17, 15) is 19.5 Å². The molecule has 0 spiro atoms. The minimum Gasteiger partial charge on any atom is -0.481 e. The summed E-state index contributed by atoms with van der Waals surface area (Å²) >= 11 is 0. The number of H-pyrrole nitrogens is 1. The minimum atomic E-state index is -1.18. The Bertz CT molecular complexity index is 752. The molecule has 1 heterocycles. The Labute approximate surface area is 131 Å². The summed E-state index contributed by atoms with van der Waals surface area (Å²) in [5.41, 5.74) is 1.97. The van der Waals surface area contributed by atoms with Crippen LogP contribution in [0.3, 0.4) is 0 Å². The van der Waals surface area contributed by atoms with E-state index in [0.717, 1.165) is 5.52 Å². The molecule has 23 heavy (non-hydrogen) atoms. The lowest BCUT2D eigenvalue weighted by molar-refractivity contribution is -0.148. The molecule has 0 aliphatic heterocycles. The molecule has 1 aromatic heterocycles. The number of carbonyl (C=O) groups is 3. The van der Waals surface area contributed by atoms with Gasteiger partial charge in [-0.3, -0.25) is 19.5 Å². The highest BCUT2D eigenvalue weighted by molar-refractivity contribution is 5.84. The number of hydrogen-bond donors (Lipinski definition) is 3. The van der Waals surface area contributed by atoms with Crippen molar-refractivity contribution in [2.45, 2.75) is 26.4 Å². The SMILES string of the molecule is CC(=O)OCc1c(C[C@@H](CC(=O)O)C(=O)O)ccc2[nH]ncc12. The van der Waals surface area contributed by atoms with Crippen LogP contribution < -0.4 is 0 Å². The standard InChI is InChI=1S/C15H16N2O6/c1-8(18)23-7-12-9(2-3-13-11(12)6-16-17-13)4-10(15(21)22)5-14(19)20/h2-3,6,10H,4-5,7H2,1H3,(H,16,17)(H,19,20)(H,21,22)/t10-/m0/s1. The topological polar surface area (TPSA) is 130 Å². The van der Waals surface area contributed by atoms with Gasteiger partial charge in [-0.05, 0) is 18.1 Å². The van der Waals surface area contributed by atoms with Crippen molar-refractivity contribution in [3.63, 3.8) is 0 Å². The summed E-state index contributed by atoms with van der Waals surface area (Å²) in [6.45, 7) is 1.25. The highest BCUT2D eigenvalue weighted by atomic mass is 16.5. The number of carbonyl (C=O) groups excluding carboxylic acids is 1. The number of hydrogen-bond acceptors (Lipinski definition) is 5. The summed E-state index contributed by atoms with van der Waals surface area (Å²) in [5, 5.41) is 25.5. The normalized spacial score (nSPS) is 12.0. The Hall–Kier alpha value is -2.90. The van der Waals surface area contributed by atoms with Crippen molar-refractivity contribution in [2.75, 3.05) is 0 Å². The van der Waals surface area contributed by atoms with Gasteiger partial charge in [0.15, 0.2) is 0 Å². The van der Waals surface area contributed by atoms with Gasteiger partial charge in [-0.1, -0.05) is 6.07 Å². The highest BCUT2D eigenvalue weighted by Crippen LogP contribution is 2.25. The van der Waals surface area contributed by atoms with Crippen LogP contribution in [0.25, 0.3) is 10.9 Å². The molecule has 8 heteroatoms. The minimum absolute atomic E-state index is 0.0268. The Kier molecular flexibility index (Phi) is 4.95. The predicted molar refractivity (Wildman–Crippen MR) is 78.6 cm³/mol. The van der Waals surface area contributed by atoms with Crippen LogP contribution in [0, 0.1) is 5.92 Å². The van der Waals surface area contributed by atoms with Crippen molar-refractivity contribution in [2.24, 2.45) is 5.92 Å². The molecule has 0 fully saturated rings. The quantitative estimate of drug-likeness (QED) is 0.656. The summed E-state index contributed by atoms with van der Waals surface area (Å²) in [6, 6.07) is 3.42. The van der Waals surface area contributed by atoms with Crippen molar-refractivity contribution < 1.29 is 29.3 Å². The number of rotatable bonds is 7. The van der Waals surface area contributed by atoms with Crippen LogP contribution in [-0.2, 0) is 32.1 Å². The summed E-state index contributed by atoms with van der Waals surface area (Å²) in [4.78, 5) is 33.2. The van der Waals surface area contributed by atoms with E-state index < -0.39 is 30.2 Å². The van der Waals surface area contributed by atoms with Gasteiger partial charge in [-0.25, -0.2) is 0 Å². The Morgan fingerprint density at radius 2 is 2.04 bits per heavy atom. The number of aromatic amines is 1. The first kappa shape index (κ1) is 16.5. The van der Waals surface area contributed by atoms with Gasteiger partial charge in [0.05, 0.1) is 24.1 Å². The number of nitrogens with zero attached hydrogens (tertiary/aromatic N) is 1. The molecule has 0 saturated carbocycles. The first-order chi connectivity index (χ1) is 10.9. The van der Waals surface area contributed by atoms with E-state index in [2.05, 4.69) is 10.2 Å². The highest BCUT2D eigenvalue weighted by Gasteiger charge is 2.23. The first-order valence-corrected chi connectivity index (χ1v) is 6.90. The van der Waals surface area contributed by atoms with Gasteiger partial charge in [0.1, 0.15) is 6.61 Å². The molecule has 2 aromatic rings. The van der Waals surface area contributed by atoms with Crippen LogP contribution in [0.5, 0.6) is 0 Å². The molecule has 122 valence electrons. The fourth-order valence-corrected chi connectivity index (χ4v) is 2.38. The van der Waals surface area contributed by atoms with Crippen LogP contribution in [0.15, 0.2) is 18.3 Å². The van der Waals surface area contributed by atoms with Crippen molar-refractivity contribution in [1.29, 1.82) is 0 Å². The van der Waals surface area contributed by atoms with Crippen molar-refractivity contribution in [1.82, 2.24) is 10.2 Å². The fourth-order valence-electron chi connectivity index (χ4n) is 2.38. The van der Waals surface area contributed by atoms with Crippen LogP contribution in [0.1, 0.15) is 24.5 Å². The number of benzene rings is 1. The molecular formula is C15H16N2O6. The Morgan fingerprint density at radius 1 is 1.30 bits per heavy atom. The largest absolute Gasteiger partial charge is 0.481 e. The van der Waals surface area contributed by atoms with E-state index in [1.165, 1.54) is 6.92 Å². The van der Waals surface area contributed by atoms with Gasteiger partial charge in [0.25, 0.3) is 0 Å². The number of fused-ring (bicyclic) bond motifs is 1. The van der Waals surface area contributed by atoms with E-state index in [1.54, 1.807) is 18.3 Å². The smallest absolute Gasteiger partial charge is 0.307 e. The molecule has 2 rings (SSSR count). The zero-order chi connectivity index (χ0) is 17.0. The maximum Gasteiger partial charge on any atom is 0.307 e. The molecule has 8 nitrogen and oxygen atoms in total. The van der Waals surface area contributed by atoms with E-state index in [1.807, 2.05) is 0 Å². The first-order valence-electron chi connectivity index (χ1n) is 6.90. The molecular weight excluding hydrogens is 304 g/mol. The molecule has 3 N–H and O–H groups in total. The average molecular weight is 320 g/mol. The number of ether oxygens (including phenoxy) is 1. The van der Waals surface area contributed by atoms with E-state index >= 15 is 0 Å². The van der Waals surface area contributed by atoms with Gasteiger partial charge in [-0.15, -0.1) is 0 Å². The van der Waals surface area contributed by atoms with Gasteiger partial charge >= 0.3 is 17.9 Å². The monoisotopic (exact) mass is 320 g/mol. The number of aliphatic carboxylic acids is 2. The molecule has 0 saturated heterocycles. The van der Waals surface area contributed by atoms with Crippen molar-refractivity contribution in [3.8, 4) is 0 Å². The maximum absolute atomic E-state index is 11.3. The van der Waals surface area contributed by atoms with Gasteiger partial charge < -0.3 is 14.9 Å². The zero-order valence-electron chi connectivity index (χ0n) is 12.4. The second-order valence-corrected chi connectivity index (χ2v) is 5.15. The second kappa shape index (κ2) is 6.91. The number of nitrogens with one attached hydrogen (secondary N) is 1. The summed E-state index contributed by atoms with van der Waals surface area (Å²) in [6.07, 6.45) is 1.11. The van der Waals surface area contributed by atoms with E-state index in [0.29, 0.717) is 16.5 Å². The van der Waals surface area contributed by atoms with E-state index in [4.69, 9.17) is 9.84 Å². The van der Waals surface area contributed by atoms with Crippen LogP contribution in [-0.4, -0.2) is 38.3 Å².